The fourth-order valence-electron chi connectivity index (χ4n) is 2.36. The molecule has 6 heteroatoms. The number of hydrogen-bond donors (Lipinski definition) is 0. The minimum atomic E-state index is 0.623. The molecule has 2 aromatic carbocycles. The first kappa shape index (κ1) is 17.4. The van der Waals surface area contributed by atoms with Crippen LogP contribution >= 0.6 is 11.8 Å². The molecule has 1 heterocycles. The van der Waals surface area contributed by atoms with Crippen LogP contribution in [0.25, 0.3) is 11.4 Å². The molecule has 0 aliphatic carbocycles. The zero-order chi connectivity index (χ0) is 17.6. The zero-order valence-corrected chi connectivity index (χ0v) is 15.4. The number of ether oxygens (including phenoxy) is 2. The van der Waals surface area contributed by atoms with E-state index < -0.39 is 0 Å². The molecule has 0 bridgehead atoms. The standard InChI is InChI=1S/C19H21N3O2S/c1-14-4-8-17(9-5-14)24-12-13-25-19-21-20-18(22(19)2)15-6-10-16(23-3)11-7-15/h4-11H,12-13H2,1-3H3. The van der Waals surface area contributed by atoms with E-state index in [9.17, 15) is 0 Å². The molecule has 5 nitrogen and oxygen atoms in total. The third-order valence-electron chi connectivity index (χ3n) is 3.79. The molecular formula is C19H21N3O2S. The van der Waals surface area contributed by atoms with E-state index in [4.69, 9.17) is 9.47 Å². The van der Waals surface area contributed by atoms with Crippen molar-refractivity contribution in [2.45, 2.75) is 12.1 Å². The van der Waals surface area contributed by atoms with Crippen molar-refractivity contribution in [3.63, 3.8) is 0 Å². The highest BCUT2D eigenvalue weighted by Crippen LogP contribution is 2.24. The van der Waals surface area contributed by atoms with E-state index in [-0.39, 0.29) is 0 Å². The Hall–Kier alpha value is -2.47. The number of aryl methyl sites for hydroxylation is 1. The van der Waals surface area contributed by atoms with Crippen LogP contribution < -0.4 is 9.47 Å². The Kier molecular flexibility index (Phi) is 5.60. The average molecular weight is 355 g/mol. The average Bonchev–Trinajstić information content (AvgIpc) is 3.01. The number of rotatable bonds is 7. The Balaban J connectivity index is 1.56. The van der Waals surface area contributed by atoms with Gasteiger partial charge in [-0.1, -0.05) is 29.5 Å². The minimum absolute atomic E-state index is 0.623. The summed E-state index contributed by atoms with van der Waals surface area (Å²) in [6.45, 7) is 2.69. The topological polar surface area (TPSA) is 49.2 Å². The van der Waals surface area contributed by atoms with E-state index in [2.05, 4.69) is 17.1 Å². The SMILES string of the molecule is COc1ccc(-c2nnc(SCCOc3ccc(C)cc3)n2C)cc1. The second-order valence-corrected chi connectivity index (χ2v) is 6.67. The van der Waals surface area contributed by atoms with Gasteiger partial charge in [0.15, 0.2) is 11.0 Å². The van der Waals surface area contributed by atoms with Crippen LogP contribution in [0.4, 0.5) is 0 Å². The molecule has 25 heavy (non-hydrogen) atoms. The summed E-state index contributed by atoms with van der Waals surface area (Å²) in [5.41, 5.74) is 2.24. The Morgan fingerprint density at radius 1 is 0.960 bits per heavy atom. The number of nitrogens with zero attached hydrogens (tertiary/aromatic N) is 3. The Labute approximate surface area is 152 Å². The summed E-state index contributed by atoms with van der Waals surface area (Å²) in [6.07, 6.45) is 0. The smallest absolute Gasteiger partial charge is 0.191 e. The summed E-state index contributed by atoms with van der Waals surface area (Å²) in [5, 5.41) is 9.45. The van der Waals surface area contributed by atoms with E-state index in [0.29, 0.717) is 6.61 Å². The van der Waals surface area contributed by atoms with E-state index in [0.717, 1.165) is 33.8 Å². The van der Waals surface area contributed by atoms with Gasteiger partial charge in [-0.15, -0.1) is 10.2 Å². The molecule has 0 N–H and O–H groups in total. The van der Waals surface area contributed by atoms with Crippen molar-refractivity contribution in [2.75, 3.05) is 19.5 Å². The molecule has 3 aromatic rings. The van der Waals surface area contributed by atoms with E-state index >= 15 is 0 Å². The van der Waals surface area contributed by atoms with Crippen LogP contribution in [0.5, 0.6) is 11.5 Å². The number of hydrogen-bond acceptors (Lipinski definition) is 5. The number of methoxy groups -OCH3 is 1. The molecule has 3 rings (SSSR count). The van der Waals surface area contributed by atoms with Gasteiger partial charge in [0.1, 0.15) is 11.5 Å². The molecule has 0 atom stereocenters. The normalized spacial score (nSPS) is 10.7. The van der Waals surface area contributed by atoms with Crippen molar-refractivity contribution in [1.82, 2.24) is 14.8 Å². The Morgan fingerprint density at radius 2 is 1.64 bits per heavy atom. The highest BCUT2D eigenvalue weighted by molar-refractivity contribution is 7.99. The molecule has 0 saturated carbocycles. The number of thioether (sulfide) groups is 1. The largest absolute Gasteiger partial charge is 0.497 e. The van der Waals surface area contributed by atoms with Crippen molar-refractivity contribution in [3.05, 3.63) is 54.1 Å². The molecular weight excluding hydrogens is 334 g/mol. The van der Waals surface area contributed by atoms with E-state index in [1.54, 1.807) is 18.9 Å². The van der Waals surface area contributed by atoms with Gasteiger partial charge in [0.05, 0.1) is 13.7 Å². The van der Waals surface area contributed by atoms with Crippen molar-refractivity contribution >= 4 is 11.8 Å². The van der Waals surface area contributed by atoms with Crippen molar-refractivity contribution < 1.29 is 9.47 Å². The molecule has 0 spiro atoms. The lowest BCUT2D eigenvalue weighted by atomic mass is 10.2. The first-order chi connectivity index (χ1) is 12.2. The van der Waals surface area contributed by atoms with Crippen molar-refractivity contribution in [1.29, 1.82) is 0 Å². The maximum absolute atomic E-state index is 5.75. The highest BCUT2D eigenvalue weighted by Gasteiger charge is 2.11. The third-order valence-corrected chi connectivity index (χ3v) is 4.77. The van der Waals surface area contributed by atoms with Gasteiger partial charge in [-0.2, -0.15) is 0 Å². The van der Waals surface area contributed by atoms with Gasteiger partial charge in [-0.05, 0) is 43.3 Å². The van der Waals surface area contributed by atoms with Crippen LogP contribution in [0.3, 0.4) is 0 Å². The molecule has 0 fully saturated rings. The number of aromatic nitrogens is 3. The summed E-state index contributed by atoms with van der Waals surface area (Å²) in [4.78, 5) is 0. The fraction of sp³-hybridized carbons (Fsp3) is 0.263. The molecule has 0 aliphatic rings. The van der Waals surface area contributed by atoms with E-state index in [1.165, 1.54) is 5.56 Å². The maximum atomic E-state index is 5.75. The lowest BCUT2D eigenvalue weighted by molar-refractivity contribution is 0.344. The van der Waals surface area contributed by atoms with Gasteiger partial charge in [0, 0.05) is 18.4 Å². The summed E-state index contributed by atoms with van der Waals surface area (Å²) in [6, 6.07) is 15.9. The molecule has 0 aliphatic heterocycles. The van der Waals surface area contributed by atoms with Crippen molar-refractivity contribution in [3.8, 4) is 22.9 Å². The van der Waals surface area contributed by atoms with Gasteiger partial charge < -0.3 is 14.0 Å². The summed E-state index contributed by atoms with van der Waals surface area (Å²) >= 11 is 1.63. The van der Waals surface area contributed by atoms with Gasteiger partial charge in [0.2, 0.25) is 0 Å². The molecule has 1 aromatic heterocycles. The van der Waals surface area contributed by atoms with Gasteiger partial charge in [-0.25, -0.2) is 0 Å². The molecule has 0 unspecified atom stereocenters. The Morgan fingerprint density at radius 3 is 2.32 bits per heavy atom. The predicted molar refractivity (Wildman–Crippen MR) is 100 cm³/mol. The van der Waals surface area contributed by atoms with Crippen LogP contribution in [-0.2, 0) is 7.05 Å². The maximum Gasteiger partial charge on any atom is 0.191 e. The second-order valence-electron chi connectivity index (χ2n) is 5.60. The second kappa shape index (κ2) is 8.07. The summed E-state index contributed by atoms with van der Waals surface area (Å²) in [7, 11) is 3.63. The monoisotopic (exact) mass is 355 g/mol. The zero-order valence-electron chi connectivity index (χ0n) is 14.6. The quantitative estimate of drug-likeness (QED) is 0.474. The molecule has 0 saturated heterocycles. The van der Waals surface area contributed by atoms with Gasteiger partial charge in [-0.3, -0.25) is 0 Å². The van der Waals surface area contributed by atoms with Crippen LogP contribution in [-0.4, -0.2) is 34.2 Å². The molecule has 0 amide bonds. The fourth-order valence-corrected chi connectivity index (χ4v) is 3.09. The highest BCUT2D eigenvalue weighted by atomic mass is 32.2. The number of benzene rings is 2. The summed E-state index contributed by atoms with van der Waals surface area (Å²) < 4.78 is 12.9. The predicted octanol–water partition coefficient (Wildman–Crippen LogP) is 3.97. The molecule has 0 radical (unpaired) electrons. The lowest BCUT2D eigenvalue weighted by Crippen LogP contribution is -2.02. The minimum Gasteiger partial charge on any atom is -0.497 e. The van der Waals surface area contributed by atoms with Crippen LogP contribution in [0.2, 0.25) is 0 Å². The van der Waals surface area contributed by atoms with Crippen LogP contribution in [0, 0.1) is 6.92 Å². The van der Waals surface area contributed by atoms with Crippen molar-refractivity contribution in [2.24, 2.45) is 7.05 Å². The van der Waals surface area contributed by atoms with Gasteiger partial charge in [0.25, 0.3) is 0 Å². The van der Waals surface area contributed by atoms with Crippen LogP contribution in [0.1, 0.15) is 5.56 Å². The third kappa shape index (κ3) is 4.33. The molecule has 130 valence electrons. The summed E-state index contributed by atoms with van der Waals surface area (Å²) in [5.74, 6) is 3.36. The first-order valence-electron chi connectivity index (χ1n) is 8.03. The Bertz CT molecular complexity index is 814. The first-order valence-corrected chi connectivity index (χ1v) is 9.02. The van der Waals surface area contributed by atoms with Crippen LogP contribution in [0.15, 0.2) is 53.7 Å². The lowest BCUT2D eigenvalue weighted by Gasteiger charge is -2.07. The van der Waals surface area contributed by atoms with E-state index in [1.807, 2.05) is 60.1 Å². The van der Waals surface area contributed by atoms with Gasteiger partial charge >= 0.3 is 0 Å².